The summed E-state index contributed by atoms with van der Waals surface area (Å²) < 4.78 is 0. The van der Waals surface area contributed by atoms with E-state index in [0.717, 1.165) is 0 Å². The summed E-state index contributed by atoms with van der Waals surface area (Å²) in [6.07, 6.45) is 0. The summed E-state index contributed by atoms with van der Waals surface area (Å²) in [7, 11) is 1.49. The molecule has 0 saturated heterocycles. The van der Waals surface area contributed by atoms with Crippen molar-refractivity contribution in [3.63, 3.8) is 0 Å². The van der Waals surface area contributed by atoms with Gasteiger partial charge in [-0.2, -0.15) is 0 Å². The van der Waals surface area contributed by atoms with E-state index in [0.29, 0.717) is 16.9 Å². The molecule has 2 aromatic rings. The van der Waals surface area contributed by atoms with Crippen LogP contribution in [0.2, 0.25) is 0 Å². The third kappa shape index (κ3) is 4.13. The maximum atomic E-state index is 11.9. The summed E-state index contributed by atoms with van der Waals surface area (Å²) in [5, 5.41) is 9.19. The highest BCUT2D eigenvalue weighted by Gasteiger charge is 2.11. The minimum atomic E-state index is -0.395. The lowest BCUT2D eigenvalue weighted by Gasteiger charge is -2.07. The van der Waals surface area contributed by atoms with Gasteiger partial charge in [-0.15, -0.1) is 11.3 Å². The molecule has 0 unspecified atom stereocenters. The van der Waals surface area contributed by atoms with Crippen LogP contribution in [0.3, 0.4) is 0 Å². The molecule has 0 bridgehead atoms. The van der Waals surface area contributed by atoms with Gasteiger partial charge in [0.2, 0.25) is 5.91 Å². The molecular formula is C14H14N4O3S. The Bertz CT molecular complexity index is 685. The fourth-order valence-corrected chi connectivity index (χ4v) is 2.14. The standard InChI is InChI=1S/C14H14N4O3S/c1-15-12(19)6-16-13(20)9-3-2-4-10(5-9)18-14(21)11-7-22-8-17-11/h2-5,7-8H,6H2,1H3,(H,15,19)(H,16,20)(H,18,21). The van der Waals surface area contributed by atoms with Gasteiger partial charge in [-0.1, -0.05) is 6.07 Å². The first kappa shape index (κ1) is 15.6. The summed E-state index contributed by atoms with van der Waals surface area (Å²) in [4.78, 5) is 38.8. The van der Waals surface area contributed by atoms with Crippen molar-refractivity contribution in [3.05, 3.63) is 46.4 Å². The van der Waals surface area contributed by atoms with Crippen LogP contribution >= 0.6 is 11.3 Å². The maximum absolute atomic E-state index is 11.9. The zero-order valence-corrected chi connectivity index (χ0v) is 12.6. The fraction of sp³-hybridized carbons (Fsp3) is 0.143. The maximum Gasteiger partial charge on any atom is 0.275 e. The van der Waals surface area contributed by atoms with Crippen LogP contribution < -0.4 is 16.0 Å². The number of hydrogen-bond acceptors (Lipinski definition) is 5. The number of nitrogens with zero attached hydrogens (tertiary/aromatic N) is 1. The first-order chi connectivity index (χ1) is 10.6. The average molecular weight is 318 g/mol. The highest BCUT2D eigenvalue weighted by Crippen LogP contribution is 2.12. The zero-order chi connectivity index (χ0) is 15.9. The Morgan fingerprint density at radius 3 is 2.73 bits per heavy atom. The summed E-state index contributed by atoms with van der Waals surface area (Å²) in [6, 6.07) is 6.44. The first-order valence-corrected chi connectivity index (χ1v) is 7.33. The predicted octanol–water partition coefficient (Wildman–Crippen LogP) is 0.871. The van der Waals surface area contributed by atoms with Crippen molar-refractivity contribution in [1.82, 2.24) is 15.6 Å². The quantitative estimate of drug-likeness (QED) is 0.761. The highest BCUT2D eigenvalue weighted by atomic mass is 32.1. The number of nitrogens with one attached hydrogen (secondary N) is 3. The Morgan fingerprint density at radius 2 is 2.05 bits per heavy atom. The van der Waals surface area contributed by atoms with E-state index in [1.165, 1.54) is 24.5 Å². The van der Waals surface area contributed by atoms with Gasteiger partial charge >= 0.3 is 0 Å². The molecule has 3 N–H and O–H groups in total. The van der Waals surface area contributed by atoms with Crippen molar-refractivity contribution in [2.24, 2.45) is 0 Å². The molecule has 2 rings (SSSR count). The van der Waals surface area contributed by atoms with Crippen molar-refractivity contribution in [1.29, 1.82) is 0 Å². The molecule has 0 spiro atoms. The summed E-state index contributed by atoms with van der Waals surface area (Å²) in [6.45, 7) is -0.106. The molecule has 0 aliphatic carbocycles. The van der Waals surface area contributed by atoms with Crippen molar-refractivity contribution in [2.45, 2.75) is 0 Å². The minimum Gasteiger partial charge on any atom is -0.358 e. The molecule has 1 heterocycles. The molecule has 3 amide bonds. The molecule has 1 aromatic heterocycles. The Balaban J connectivity index is 2.02. The van der Waals surface area contributed by atoms with Crippen LogP contribution in [0.25, 0.3) is 0 Å². The number of benzene rings is 1. The second-order valence-electron chi connectivity index (χ2n) is 4.26. The molecule has 0 fully saturated rings. The van der Waals surface area contributed by atoms with Crippen molar-refractivity contribution < 1.29 is 14.4 Å². The molecule has 114 valence electrons. The Labute approximate surface area is 130 Å². The average Bonchev–Trinajstić information content (AvgIpc) is 3.07. The van der Waals surface area contributed by atoms with Crippen LogP contribution in [0, 0.1) is 0 Å². The molecule has 0 aliphatic heterocycles. The number of anilines is 1. The second kappa shape index (κ2) is 7.32. The zero-order valence-electron chi connectivity index (χ0n) is 11.8. The SMILES string of the molecule is CNC(=O)CNC(=O)c1cccc(NC(=O)c2cscn2)c1. The molecule has 0 radical (unpaired) electrons. The second-order valence-corrected chi connectivity index (χ2v) is 4.98. The van der Waals surface area contributed by atoms with Crippen LogP contribution in [0.15, 0.2) is 35.2 Å². The van der Waals surface area contributed by atoms with Gasteiger partial charge in [0.15, 0.2) is 0 Å². The van der Waals surface area contributed by atoms with Gasteiger partial charge in [0.05, 0.1) is 12.1 Å². The number of likely N-dealkylation sites (N-methyl/N-ethyl adjacent to an activating group) is 1. The summed E-state index contributed by atoms with van der Waals surface area (Å²) in [5.74, 6) is -1.03. The smallest absolute Gasteiger partial charge is 0.275 e. The number of hydrogen-bond donors (Lipinski definition) is 3. The van der Waals surface area contributed by atoms with E-state index in [1.807, 2.05) is 0 Å². The first-order valence-electron chi connectivity index (χ1n) is 6.38. The fourth-order valence-electron chi connectivity index (χ4n) is 1.61. The van der Waals surface area contributed by atoms with Crippen LogP contribution in [-0.4, -0.2) is 36.3 Å². The molecular weight excluding hydrogens is 304 g/mol. The number of aromatic nitrogens is 1. The largest absolute Gasteiger partial charge is 0.358 e. The Hall–Kier alpha value is -2.74. The van der Waals surface area contributed by atoms with Crippen LogP contribution in [0.5, 0.6) is 0 Å². The topological polar surface area (TPSA) is 100 Å². The molecule has 8 heteroatoms. The van der Waals surface area contributed by atoms with E-state index in [1.54, 1.807) is 29.1 Å². The molecule has 22 heavy (non-hydrogen) atoms. The van der Waals surface area contributed by atoms with Gasteiger partial charge in [-0.3, -0.25) is 14.4 Å². The van der Waals surface area contributed by atoms with Crippen molar-refractivity contribution in [3.8, 4) is 0 Å². The number of rotatable bonds is 5. The van der Waals surface area contributed by atoms with Gasteiger partial charge in [0.1, 0.15) is 5.69 Å². The van der Waals surface area contributed by atoms with Crippen LogP contribution in [-0.2, 0) is 4.79 Å². The van der Waals surface area contributed by atoms with E-state index in [2.05, 4.69) is 20.9 Å². The number of thiazole rings is 1. The molecule has 1 aromatic carbocycles. The summed E-state index contributed by atoms with van der Waals surface area (Å²) >= 11 is 1.32. The van der Waals surface area contributed by atoms with Crippen molar-refractivity contribution in [2.75, 3.05) is 18.9 Å². The van der Waals surface area contributed by atoms with E-state index in [9.17, 15) is 14.4 Å². The number of amides is 3. The molecule has 0 aliphatic rings. The third-order valence-corrected chi connectivity index (χ3v) is 3.32. The number of carbonyl (C=O) groups excluding carboxylic acids is 3. The monoisotopic (exact) mass is 318 g/mol. The minimum absolute atomic E-state index is 0.106. The lowest BCUT2D eigenvalue weighted by molar-refractivity contribution is -0.119. The van der Waals surface area contributed by atoms with E-state index in [-0.39, 0.29) is 18.4 Å². The van der Waals surface area contributed by atoms with Gasteiger partial charge in [0.25, 0.3) is 11.8 Å². The summed E-state index contributed by atoms with van der Waals surface area (Å²) in [5.41, 5.74) is 2.71. The van der Waals surface area contributed by atoms with Gasteiger partial charge in [0, 0.05) is 23.7 Å². The molecule has 0 saturated carbocycles. The molecule has 0 atom stereocenters. The van der Waals surface area contributed by atoms with Gasteiger partial charge in [-0.05, 0) is 18.2 Å². The van der Waals surface area contributed by atoms with E-state index >= 15 is 0 Å². The Morgan fingerprint density at radius 1 is 1.23 bits per heavy atom. The van der Waals surface area contributed by atoms with E-state index in [4.69, 9.17) is 0 Å². The van der Waals surface area contributed by atoms with Crippen LogP contribution in [0.4, 0.5) is 5.69 Å². The van der Waals surface area contributed by atoms with Gasteiger partial charge in [-0.25, -0.2) is 4.98 Å². The van der Waals surface area contributed by atoms with E-state index < -0.39 is 5.91 Å². The molecule has 7 nitrogen and oxygen atoms in total. The number of carbonyl (C=O) groups is 3. The lowest BCUT2D eigenvalue weighted by atomic mass is 10.2. The third-order valence-electron chi connectivity index (χ3n) is 2.74. The van der Waals surface area contributed by atoms with Crippen molar-refractivity contribution >= 4 is 34.7 Å². The lowest BCUT2D eigenvalue weighted by Crippen LogP contribution is -2.35. The Kier molecular flexibility index (Phi) is 5.21. The van der Waals surface area contributed by atoms with Crippen LogP contribution in [0.1, 0.15) is 20.8 Å². The normalized spacial score (nSPS) is 9.86. The van der Waals surface area contributed by atoms with Gasteiger partial charge < -0.3 is 16.0 Å². The predicted molar refractivity (Wildman–Crippen MR) is 82.9 cm³/mol. The highest BCUT2D eigenvalue weighted by molar-refractivity contribution is 7.07.